The SMILES string of the molecule is CCCCCCC/C=C\C/C=C\C/C=C\CCCCCCCCC(=O)OCC(COC(=O)CCCCCCCCCCCCCCCCCCCCCC)OC(=O)CCCCCCCCCCCCCCCCCCCCCCC. The Bertz CT molecular complexity index is 1340. The molecule has 0 amide bonds. The molecule has 0 aliphatic carbocycles. The van der Waals surface area contributed by atoms with E-state index in [0.29, 0.717) is 19.3 Å². The van der Waals surface area contributed by atoms with Crippen LogP contribution in [0.5, 0.6) is 0 Å². The van der Waals surface area contributed by atoms with Gasteiger partial charge in [-0.1, -0.05) is 359 Å². The van der Waals surface area contributed by atoms with Crippen LogP contribution in [0.15, 0.2) is 36.5 Å². The summed E-state index contributed by atoms with van der Waals surface area (Å²) in [4.78, 5) is 38.5. The van der Waals surface area contributed by atoms with Crippen molar-refractivity contribution in [3.05, 3.63) is 36.5 Å². The molecule has 0 aliphatic rings. The highest BCUT2D eigenvalue weighted by atomic mass is 16.6. The van der Waals surface area contributed by atoms with E-state index in [2.05, 4.69) is 57.2 Å². The lowest BCUT2D eigenvalue weighted by atomic mass is 10.0. The average Bonchev–Trinajstić information content (AvgIpc) is 3.46. The fraction of sp³-hybridized carbons (Fsp3) is 0.878. The first kappa shape index (κ1) is 77.6. The van der Waals surface area contributed by atoms with Gasteiger partial charge in [-0.3, -0.25) is 14.4 Å². The summed E-state index contributed by atoms with van der Waals surface area (Å²) in [5.41, 5.74) is 0. The highest BCUT2D eigenvalue weighted by Gasteiger charge is 2.19. The molecule has 0 saturated heterocycles. The molecule has 0 rings (SSSR count). The summed E-state index contributed by atoms with van der Waals surface area (Å²) in [6, 6.07) is 0. The van der Waals surface area contributed by atoms with Gasteiger partial charge in [0.05, 0.1) is 0 Å². The third-order valence-electron chi connectivity index (χ3n) is 16.4. The van der Waals surface area contributed by atoms with E-state index in [1.54, 1.807) is 0 Å². The van der Waals surface area contributed by atoms with Crippen molar-refractivity contribution in [1.29, 1.82) is 0 Å². The Hall–Kier alpha value is -2.37. The molecule has 0 fully saturated rings. The van der Waals surface area contributed by atoms with E-state index >= 15 is 0 Å². The summed E-state index contributed by atoms with van der Waals surface area (Å²) >= 11 is 0. The quantitative estimate of drug-likeness (QED) is 0.0261. The molecule has 0 bridgehead atoms. The number of ether oxygens (including phenoxy) is 3. The molecule has 0 aliphatic heterocycles. The first-order valence-electron chi connectivity index (χ1n) is 36.0. The Labute approximate surface area is 499 Å². The monoisotopic (exact) mass is 1120 g/mol. The molecule has 0 heterocycles. The molecule has 0 radical (unpaired) electrons. The van der Waals surface area contributed by atoms with Gasteiger partial charge in [-0.2, -0.15) is 0 Å². The Morgan fingerprint density at radius 3 is 0.700 bits per heavy atom. The van der Waals surface area contributed by atoms with Crippen LogP contribution in [0.3, 0.4) is 0 Å². The topological polar surface area (TPSA) is 78.9 Å². The molecular weight excluding hydrogens is 985 g/mol. The van der Waals surface area contributed by atoms with Gasteiger partial charge < -0.3 is 14.2 Å². The average molecular weight is 1120 g/mol. The molecule has 0 aromatic carbocycles. The highest BCUT2D eigenvalue weighted by Crippen LogP contribution is 2.19. The molecule has 470 valence electrons. The van der Waals surface area contributed by atoms with Crippen LogP contribution in [0.1, 0.15) is 400 Å². The molecule has 6 heteroatoms. The molecule has 0 aromatic heterocycles. The maximum Gasteiger partial charge on any atom is 0.306 e. The molecule has 1 atom stereocenters. The lowest BCUT2D eigenvalue weighted by Crippen LogP contribution is -2.30. The van der Waals surface area contributed by atoms with Crippen LogP contribution in [0.2, 0.25) is 0 Å². The number of carbonyl (C=O) groups excluding carboxylic acids is 3. The van der Waals surface area contributed by atoms with Crippen molar-refractivity contribution in [2.45, 2.75) is 406 Å². The van der Waals surface area contributed by atoms with Crippen LogP contribution in [0.4, 0.5) is 0 Å². The summed E-state index contributed by atoms with van der Waals surface area (Å²) in [6.07, 6.45) is 86.0. The van der Waals surface area contributed by atoms with Crippen LogP contribution >= 0.6 is 0 Å². The third kappa shape index (κ3) is 66.4. The second-order valence-corrected chi connectivity index (χ2v) is 24.5. The summed E-state index contributed by atoms with van der Waals surface area (Å²) in [5, 5.41) is 0. The predicted octanol–water partition coefficient (Wildman–Crippen LogP) is 24.7. The van der Waals surface area contributed by atoms with E-state index in [0.717, 1.165) is 77.0 Å². The van der Waals surface area contributed by atoms with Gasteiger partial charge in [0.2, 0.25) is 0 Å². The van der Waals surface area contributed by atoms with Gasteiger partial charge in [-0.05, 0) is 57.8 Å². The van der Waals surface area contributed by atoms with Crippen molar-refractivity contribution >= 4 is 17.9 Å². The van der Waals surface area contributed by atoms with Gasteiger partial charge in [0.15, 0.2) is 6.10 Å². The number of hydrogen-bond acceptors (Lipinski definition) is 6. The summed E-state index contributed by atoms with van der Waals surface area (Å²) < 4.78 is 17.0. The van der Waals surface area contributed by atoms with Crippen LogP contribution in [-0.4, -0.2) is 37.2 Å². The molecule has 0 N–H and O–H groups in total. The van der Waals surface area contributed by atoms with Crippen molar-refractivity contribution in [2.75, 3.05) is 13.2 Å². The number of hydrogen-bond donors (Lipinski definition) is 0. The molecule has 0 aromatic rings. The Balaban J connectivity index is 4.33. The van der Waals surface area contributed by atoms with Gasteiger partial charge in [-0.15, -0.1) is 0 Å². The van der Waals surface area contributed by atoms with Gasteiger partial charge in [0.1, 0.15) is 13.2 Å². The first-order chi connectivity index (χ1) is 39.5. The van der Waals surface area contributed by atoms with Crippen LogP contribution < -0.4 is 0 Å². The molecule has 6 nitrogen and oxygen atoms in total. The molecule has 0 saturated carbocycles. The number of allylic oxidation sites excluding steroid dienone is 6. The van der Waals surface area contributed by atoms with Crippen molar-refractivity contribution < 1.29 is 28.6 Å². The number of carbonyl (C=O) groups is 3. The zero-order chi connectivity index (χ0) is 57.8. The van der Waals surface area contributed by atoms with Crippen molar-refractivity contribution in [2.24, 2.45) is 0 Å². The fourth-order valence-corrected chi connectivity index (χ4v) is 11.0. The normalized spacial score (nSPS) is 12.2. The van der Waals surface area contributed by atoms with Crippen molar-refractivity contribution in [3.63, 3.8) is 0 Å². The van der Waals surface area contributed by atoms with E-state index in [1.165, 1.54) is 283 Å². The van der Waals surface area contributed by atoms with E-state index in [4.69, 9.17) is 14.2 Å². The first-order valence-corrected chi connectivity index (χ1v) is 36.0. The zero-order valence-electron chi connectivity index (χ0n) is 54.1. The van der Waals surface area contributed by atoms with Gasteiger partial charge in [0, 0.05) is 19.3 Å². The van der Waals surface area contributed by atoms with Gasteiger partial charge in [0.25, 0.3) is 0 Å². The summed E-state index contributed by atoms with van der Waals surface area (Å²) in [6.45, 7) is 6.71. The Morgan fingerprint density at radius 1 is 0.250 bits per heavy atom. The second-order valence-electron chi connectivity index (χ2n) is 24.5. The zero-order valence-corrected chi connectivity index (χ0v) is 54.1. The standard InChI is InChI=1S/C74H138O6/c1-4-7-10-13-16-19-22-25-28-31-34-37-40-43-46-49-52-55-58-61-64-67-73(76)79-70-71(69-78-72(75)66-63-60-57-54-51-48-45-42-39-36-33-30-27-24-21-18-15-12-9-6-3)80-74(77)68-65-62-59-56-53-50-47-44-41-38-35-32-29-26-23-20-17-14-11-8-5-2/h22,25,31,34,40,43,71H,4-21,23-24,26-30,32-33,35-39,41-42,44-70H2,1-3H3/b25-22-,34-31-,43-40-. The molecule has 80 heavy (non-hydrogen) atoms. The van der Waals surface area contributed by atoms with Gasteiger partial charge in [-0.25, -0.2) is 0 Å². The lowest BCUT2D eigenvalue weighted by molar-refractivity contribution is -0.167. The van der Waals surface area contributed by atoms with Crippen LogP contribution in [0.25, 0.3) is 0 Å². The fourth-order valence-electron chi connectivity index (χ4n) is 11.0. The molecule has 0 spiro atoms. The number of esters is 3. The summed E-state index contributed by atoms with van der Waals surface area (Å²) in [5.74, 6) is -0.850. The number of unbranched alkanes of at least 4 members (excludes halogenated alkanes) is 50. The maximum atomic E-state index is 13.0. The van der Waals surface area contributed by atoms with Crippen molar-refractivity contribution in [1.82, 2.24) is 0 Å². The van der Waals surface area contributed by atoms with Crippen LogP contribution in [0, 0.1) is 0 Å². The highest BCUT2D eigenvalue weighted by molar-refractivity contribution is 5.71. The number of rotatable bonds is 67. The van der Waals surface area contributed by atoms with Crippen molar-refractivity contribution in [3.8, 4) is 0 Å². The van der Waals surface area contributed by atoms with E-state index < -0.39 is 6.10 Å². The molecular formula is C74H138O6. The lowest BCUT2D eigenvalue weighted by Gasteiger charge is -2.18. The Morgan fingerprint density at radius 2 is 0.450 bits per heavy atom. The van der Waals surface area contributed by atoms with E-state index in [-0.39, 0.29) is 31.1 Å². The van der Waals surface area contributed by atoms with Crippen LogP contribution in [-0.2, 0) is 28.6 Å². The maximum absolute atomic E-state index is 13.0. The van der Waals surface area contributed by atoms with E-state index in [9.17, 15) is 14.4 Å². The third-order valence-corrected chi connectivity index (χ3v) is 16.4. The largest absolute Gasteiger partial charge is 0.462 e. The Kier molecular flexibility index (Phi) is 67.1. The smallest absolute Gasteiger partial charge is 0.306 e. The predicted molar refractivity (Wildman–Crippen MR) is 349 cm³/mol. The minimum Gasteiger partial charge on any atom is -0.462 e. The van der Waals surface area contributed by atoms with E-state index in [1.807, 2.05) is 0 Å². The van der Waals surface area contributed by atoms with Gasteiger partial charge >= 0.3 is 17.9 Å². The second kappa shape index (κ2) is 69.1. The summed E-state index contributed by atoms with van der Waals surface area (Å²) in [7, 11) is 0. The molecule has 1 unspecified atom stereocenters. The minimum absolute atomic E-state index is 0.0702. The minimum atomic E-state index is -0.776.